The molecule has 63 heavy (non-hydrogen) atoms. The average Bonchev–Trinajstić information content (AvgIpc) is 4.08. The predicted molar refractivity (Wildman–Crippen MR) is 238 cm³/mol. The van der Waals surface area contributed by atoms with Gasteiger partial charge in [0.1, 0.15) is 0 Å². The molecular formula is C46H56BrClMgN8O6. The maximum Gasteiger partial charge on any atom is 2.00 e. The number of halogens is 2. The molecule has 10 rings (SSSR count). The third-order valence-electron chi connectivity index (χ3n) is 9.95. The Bertz CT molecular complexity index is 2040. The van der Waals surface area contributed by atoms with Gasteiger partial charge < -0.3 is 45.4 Å². The van der Waals surface area contributed by atoms with Crippen molar-refractivity contribution in [2.24, 2.45) is 0 Å². The van der Waals surface area contributed by atoms with Crippen molar-refractivity contribution in [1.29, 1.82) is 0 Å². The van der Waals surface area contributed by atoms with Gasteiger partial charge in [-0.15, -0.1) is 26.0 Å². The Morgan fingerprint density at radius 3 is 1.40 bits per heavy atom. The second-order valence-electron chi connectivity index (χ2n) is 14.7. The van der Waals surface area contributed by atoms with Crippen LogP contribution in [-0.2, 0) is 28.4 Å². The summed E-state index contributed by atoms with van der Waals surface area (Å²) >= 11 is 5.89. The molecule has 6 heterocycles. The molecule has 2 N–H and O–H groups in total. The van der Waals surface area contributed by atoms with Gasteiger partial charge >= 0.3 is 23.1 Å². The Hall–Kier alpha value is -3.68. The van der Waals surface area contributed by atoms with Crippen molar-refractivity contribution < 1.29 is 45.4 Å². The molecule has 4 aromatic carbocycles. The maximum absolute atomic E-state index is 5.89. The van der Waals surface area contributed by atoms with E-state index in [0.717, 1.165) is 85.9 Å². The standard InChI is InChI=1S/C17H16N4O2.C10H11O2.C7H5ClN4.2C6H12O.BrH.Mg/c1-2-5-15(16-18-20-21-19-16)14(4-1)12-6-8-13(9-7-12)17-22-10-3-11-23-17;1-2-5-9(6-3-1)10-11-7-4-8-12-10;8-6-4-2-1-3-5(6)7-9-11-12-10-7;2*1-6-4-2-3-5-7-6;;/h1-2,4-9,17H,3,10-11H2,(H,18,19,20,21);2-3,5-6,10H,4,7-8H2;1-4H,(H,9,10,11,12);2*6H,2-5H2,1H3;1H;/q;-1;;;;;+2/p-1. The number of nitrogens with one attached hydrogen (secondary N) is 2. The molecule has 4 saturated heterocycles. The number of benzene rings is 4. The predicted octanol–water partition coefficient (Wildman–Crippen LogP) is 6.19. The molecule has 0 radical (unpaired) electrons. The molecule has 2 unspecified atom stereocenters. The Kier molecular flexibility index (Phi) is 24.5. The van der Waals surface area contributed by atoms with Crippen LogP contribution in [0, 0.1) is 6.07 Å². The number of aromatic amines is 2. The van der Waals surface area contributed by atoms with Gasteiger partial charge in [0, 0.05) is 29.9 Å². The van der Waals surface area contributed by atoms with Crippen LogP contribution in [-0.4, -0.2) is 116 Å². The Morgan fingerprint density at radius 2 is 0.968 bits per heavy atom. The van der Waals surface area contributed by atoms with Gasteiger partial charge in [-0.2, -0.15) is 40.8 Å². The van der Waals surface area contributed by atoms with Crippen molar-refractivity contribution in [2.45, 2.75) is 90.0 Å². The number of nitrogens with zero attached hydrogens (tertiary/aromatic N) is 6. The van der Waals surface area contributed by atoms with Crippen LogP contribution in [0.4, 0.5) is 0 Å². The summed E-state index contributed by atoms with van der Waals surface area (Å²) in [7, 11) is 0. The van der Waals surface area contributed by atoms with Crippen LogP contribution in [0.1, 0.15) is 88.9 Å². The van der Waals surface area contributed by atoms with E-state index in [1.165, 1.54) is 38.5 Å². The molecule has 2 aromatic heterocycles. The summed E-state index contributed by atoms with van der Waals surface area (Å²) < 4.78 is 32.7. The van der Waals surface area contributed by atoms with E-state index in [2.05, 4.69) is 73.3 Å². The summed E-state index contributed by atoms with van der Waals surface area (Å²) in [6.07, 6.45) is 10.4. The third kappa shape index (κ3) is 17.7. The second-order valence-corrected chi connectivity index (χ2v) is 15.1. The fraction of sp³-hybridized carbons (Fsp3) is 0.435. The Morgan fingerprint density at radius 1 is 0.524 bits per heavy atom. The number of aromatic nitrogens is 8. The molecule has 2 atom stereocenters. The zero-order chi connectivity index (χ0) is 42.3. The average molecular weight is 957 g/mol. The molecular weight excluding hydrogens is 900 g/mol. The van der Waals surface area contributed by atoms with Crippen molar-refractivity contribution in [1.82, 2.24) is 41.2 Å². The molecule has 14 nitrogen and oxygen atoms in total. The van der Waals surface area contributed by atoms with Gasteiger partial charge in [0.05, 0.1) is 43.7 Å². The first-order valence-electron chi connectivity index (χ1n) is 21.1. The van der Waals surface area contributed by atoms with Gasteiger partial charge in [0.15, 0.2) is 12.6 Å². The fourth-order valence-corrected chi connectivity index (χ4v) is 6.89. The van der Waals surface area contributed by atoms with Crippen molar-refractivity contribution >= 4 is 34.7 Å². The van der Waals surface area contributed by atoms with E-state index in [0.29, 0.717) is 28.9 Å². The summed E-state index contributed by atoms with van der Waals surface area (Å²) in [6.45, 7) is 9.33. The van der Waals surface area contributed by atoms with E-state index in [9.17, 15) is 0 Å². The van der Waals surface area contributed by atoms with Gasteiger partial charge in [-0.1, -0.05) is 72.3 Å². The zero-order valence-corrected chi connectivity index (χ0v) is 39.8. The molecule has 4 aliphatic rings. The van der Waals surface area contributed by atoms with Crippen LogP contribution >= 0.6 is 11.6 Å². The smallest absolute Gasteiger partial charge is 1.00 e. The molecule has 4 aliphatic heterocycles. The summed E-state index contributed by atoms with van der Waals surface area (Å²) in [5, 5.41) is 28.4. The number of rotatable bonds is 5. The van der Waals surface area contributed by atoms with Gasteiger partial charge in [0.2, 0.25) is 11.6 Å². The van der Waals surface area contributed by atoms with E-state index >= 15 is 0 Å². The number of ether oxygens (including phenoxy) is 6. The number of hydrogen-bond donors (Lipinski definition) is 2. The number of hydrogen-bond acceptors (Lipinski definition) is 12. The summed E-state index contributed by atoms with van der Waals surface area (Å²) in [5.41, 5.74) is 5.99. The molecule has 0 bridgehead atoms. The van der Waals surface area contributed by atoms with Crippen LogP contribution in [0.25, 0.3) is 33.9 Å². The van der Waals surface area contributed by atoms with Crippen LogP contribution in [0.3, 0.4) is 0 Å². The molecule has 0 amide bonds. The fourth-order valence-electron chi connectivity index (χ4n) is 6.66. The first kappa shape index (κ1) is 51.9. The van der Waals surface area contributed by atoms with E-state index in [1.54, 1.807) is 6.07 Å². The first-order valence-corrected chi connectivity index (χ1v) is 21.5. The Balaban J connectivity index is 0.000000186. The molecule has 4 fully saturated rings. The summed E-state index contributed by atoms with van der Waals surface area (Å²) in [6, 6.07) is 34.2. The van der Waals surface area contributed by atoms with Crippen molar-refractivity contribution in [3.8, 4) is 33.9 Å². The largest absolute Gasteiger partial charge is 2.00 e. The quantitative estimate of drug-likeness (QED) is 0.149. The van der Waals surface area contributed by atoms with E-state index in [1.807, 2.05) is 78.9 Å². The minimum absolute atomic E-state index is 0. The van der Waals surface area contributed by atoms with Crippen molar-refractivity contribution in [3.05, 3.63) is 119 Å². The van der Waals surface area contributed by atoms with E-state index < -0.39 is 0 Å². The summed E-state index contributed by atoms with van der Waals surface area (Å²) in [4.78, 5) is 0. The van der Waals surface area contributed by atoms with E-state index in [4.69, 9.17) is 40.0 Å². The van der Waals surface area contributed by atoms with Crippen molar-refractivity contribution in [3.63, 3.8) is 0 Å². The van der Waals surface area contributed by atoms with Gasteiger partial charge in [-0.25, -0.2) is 0 Å². The number of H-pyrrole nitrogens is 2. The molecule has 332 valence electrons. The normalized spacial score (nSPS) is 18.7. The molecule has 6 aromatic rings. The minimum atomic E-state index is -0.259. The molecule has 0 saturated carbocycles. The maximum atomic E-state index is 5.89. The summed E-state index contributed by atoms with van der Waals surface area (Å²) in [5.74, 6) is 1.10. The van der Waals surface area contributed by atoms with Crippen LogP contribution in [0.5, 0.6) is 0 Å². The third-order valence-corrected chi connectivity index (χ3v) is 10.3. The molecule has 0 spiro atoms. The Labute approximate surface area is 401 Å². The topological polar surface area (TPSA) is 164 Å². The van der Waals surface area contributed by atoms with Crippen molar-refractivity contribution in [2.75, 3.05) is 39.6 Å². The minimum Gasteiger partial charge on any atom is -1.00 e. The molecule has 17 heteroatoms. The van der Waals surface area contributed by atoms with Crippen LogP contribution < -0.4 is 17.0 Å². The van der Waals surface area contributed by atoms with Gasteiger partial charge in [-0.3, -0.25) is 0 Å². The zero-order valence-electron chi connectivity index (χ0n) is 36.0. The van der Waals surface area contributed by atoms with Crippen LogP contribution in [0.2, 0.25) is 5.02 Å². The SMILES string of the molecule is CC1CCCCO1.CC1CCCCO1.Clc1ccccc1-c1nn[nH]n1.[Br-].[Mg+2].[c-]1ccc(C2OCCCO2)cc1.c1ccc(-c2nn[nH]n2)c(-c2ccc(C3OCCCO3)cc2)c1. The monoisotopic (exact) mass is 954 g/mol. The van der Waals surface area contributed by atoms with E-state index in [-0.39, 0.29) is 52.6 Å². The van der Waals surface area contributed by atoms with Crippen LogP contribution in [0.15, 0.2) is 97.1 Å². The molecule has 0 aliphatic carbocycles. The second kappa shape index (κ2) is 29.7. The first-order chi connectivity index (χ1) is 30.0. The van der Waals surface area contributed by atoms with Gasteiger partial charge in [-0.05, 0) is 98.9 Å². The number of tetrazole rings is 2. The van der Waals surface area contributed by atoms with Gasteiger partial charge in [0.25, 0.3) is 0 Å².